The van der Waals surface area contributed by atoms with Gasteiger partial charge in [-0.15, -0.1) is 11.3 Å². The Kier molecular flexibility index (Phi) is 5.90. The zero-order chi connectivity index (χ0) is 22.0. The number of rotatable bonds is 6. The molecule has 0 radical (unpaired) electrons. The zero-order valence-electron chi connectivity index (χ0n) is 17.6. The van der Waals surface area contributed by atoms with Crippen LogP contribution in [-0.4, -0.2) is 21.8 Å². The molecule has 0 aliphatic carbocycles. The van der Waals surface area contributed by atoms with Crippen molar-refractivity contribution in [2.45, 2.75) is 26.9 Å². The van der Waals surface area contributed by atoms with E-state index in [-0.39, 0.29) is 18.4 Å². The van der Waals surface area contributed by atoms with Gasteiger partial charge in [-0.1, -0.05) is 44.2 Å². The molecule has 2 amide bonds. The van der Waals surface area contributed by atoms with Crippen molar-refractivity contribution in [2.75, 3.05) is 10.6 Å². The minimum Gasteiger partial charge on any atom is -0.444 e. The summed E-state index contributed by atoms with van der Waals surface area (Å²) in [4.78, 5) is 24.5. The van der Waals surface area contributed by atoms with Crippen LogP contribution in [0.25, 0.3) is 20.3 Å². The van der Waals surface area contributed by atoms with Crippen molar-refractivity contribution in [3.05, 3.63) is 54.1 Å². The molecule has 0 spiro atoms. The van der Waals surface area contributed by atoms with Crippen molar-refractivity contribution in [3.8, 4) is 0 Å². The highest BCUT2D eigenvalue weighted by atomic mass is 32.1. The second-order valence-corrected chi connectivity index (χ2v) is 8.50. The maximum absolute atomic E-state index is 12.3. The van der Waals surface area contributed by atoms with Crippen LogP contribution in [0.3, 0.4) is 0 Å². The third-order valence-electron chi connectivity index (χ3n) is 5.21. The summed E-state index contributed by atoms with van der Waals surface area (Å²) in [6, 6.07) is 15.2. The first kappa shape index (κ1) is 20.9. The van der Waals surface area contributed by atoms with E-state index < -0.39 is 6.09 Å². The highest BCUT2D eigenvalue weighted by molar-refractivity contribution is 7.26. The van der Waals surface area contributed by atoms with E-state index in [0.29, 0.717) is 11.5 Å². The first-order chi connectivity index (χ1) is 15.0. The minimum absolute atomic E-state index is 0.0385. The molecule has 2 aromatic carbocycles. The molecule has 0 aliphatic heterocycles. The molecule has 0 aliphatic rings. The molecule has 1 unspecified atom stereocenters. The van der Waals surface area contributed by atoms with Crippen LogP contribution < -0.4 is 10.6 Å². The van der Waals surface area contributed by atoms with Gasteiger partial charge in [0.25, 0.3) is 0 Å². The Balaban J connectivity index is 1.53. The van der Waals surface area contributed by atoms with E-state index in [1.807, 2.05) is 69.4 Å². The summed E-state index contributed by atoms with van der Waals surface area (Å²) in [6.07, 6.45) is 0.261. The Morgan fingerprint density at radius 1 is 1.16 bits per heavy atom. The predicted molar refractivity (Wildman–Crippen MR) is 124 cm³/mol. The molecule has 0 bridgehead atoms. The van der Waals surface area contributed by atoms with Crippen LogP contribution in [0.2, 0.25) is 0 Å². The van der Waals surface area contributed by atoms with Crippen molar-refractivity contribution >= 4 is 55.1 Å². The van der Waals surface area contributed by atoms with Gasteiger partial charge < -0.3 is 10.1 Å². The van der Waals surface area contributed by atoms with Crippen molar-refractivity contribution in [2.24, 2.45) is 13.0 Å². The number of aryl methyl sites for hydroxylation is 1. The first-order valence-electron chi connectivity index (χ1n) is 10.1. The molecule has 1 atom stereocenters. The van der Waals surface area contributed by atoms with Crippen LogP contribution in [-0.2, 0) is 23.2 Å². The summed E-state index contributed by atoms with van der Waals surface area (Å²) in [7, 11) is 1.86. The molecular formula is C23H24N4O3S. The van der Waals surface area contributed by atoms with Gasteiger partial charge in [0.1, 0.15) is 6.61 Å². The van der Waals surface area contributed by atoms with Gasteiger partial charge in [-0.2, -0.15) is 5.10 Å². The topological polar surface area (TPSA) is 85.3 Å². The molecule has 31 heavy (non-hydrogen) atoms. The van der Waals surface area contributed by atoms with Gasteiger partial charge >= 0.3 is 6.09 Å². The summed E-state index contributed by atoms with van der Waals surface area (Å²) >= 11 is 1.53. The smallest absolute Gasteiger partial charge is 0.411 e. The van der Waals surface area contributed by atoms with Crippen LogP contribution in [0.4, 0.5) is 16.3 Å². The number of ether oxygens (including phenoxy) is 1. The number of benzene rings is 2. The van der Waals surface area contributed by atoms with E-state index in [0.717, 1.165) is 32.3 Å². The molecule has 7 nitrogen and oxygen atoms in total. The van der Waals surface area contributed by atoms with Crippen LogP contribution in [0.1, 0.15) is 25.8 Å². The number of thiophene rings is 1. The quantitative estimate of drug-likeness (QED) is 0.417. The number of carbonyl (C=O) groups is 2. The number of hydrogen-bond acceptors (Lipinski definition) is 5. The van der Waals surface area contributed by atoms with Gasteiger partial charge in [-0.3, -0.25) is 14.8 Å². The molecule has 0 fully saturated rings. The Bertz CT molecular complexity index is 1250. The van der Waals surface area contributed by atoms with Crippen molar-refractivity contribution in [1.82, 2.24) is 9.78 Å². The maximum Gasteiger partial charge on any atom is 0.411 e. The number of fused-ring (bicyclic) bond motifs is 3. The maximum atomic E-state index is 12.3. The number of anilines is 2. The van der Waals surface area contributed by atoms with E-state index in [1.54, 1.807) is 4.68 Å². The van der Waals surface area contributed by atoms with Crippen molar-refractivity contribution in [3.63, 3.8) is 0 Å². The Labute approximate surface area is 184 Å². The predicted octanol–water partition coefficient (Wildman–Crippen LogP) is 5.52. The van der Waals surface area contributed by atoms with Gasteiger partial charge in [0.05, 0.1) is 10.2 Å². The number of aromatic nitrogens is 2. The first-order valence-corrected chi connectivity index (χ1v) is 11.0. The number of carbonyl (C=O) groups excluding carboxylic acids is 2. The van der Waals surface area contributed by atoms with Crippen LogP contribution in [0.15, 0.2) is 48.5 Å². The molecule has 160 valence electrons. The molecule has 4 aromatic rings. The monoisotopic (exact) mass is 436 g/mol. The zero-order valence-corrected chi connectivity index (χ0v) is 18.5. The normalized spacial score (nSPS) is 12.1. The average molecular weight is 437 g/mol. The summed E-state index contributed by atoms with van der Waals surface area (Å²) in [6.45, 7) is 4.09. The van der Waals surface area contributed by atoms with E-state index in [2.05, 4.69) is 15.7 Å². The highest BCUT2D eigenvalue weighted by Gasteiger charge is 2.19. The average Bonchev–Trinajstić information content (AvgIpc) is 3.29. The lowest BCUT2D eigenvalue weighted by Crippen LogP contribution is -2.20. The Morgan fingerprint density at radius 2 is 1.94 bits per heavy atom. The fraction of sp³-hybridized carbons (Fsp3) is 0.261. The van der Waals surface area contributed by atoms with Gasteiger partial charge in [0.15, 0.2) is 5.82 Å². The van der Waals surface area contributed by atoms with E-state index >= 15 is 0 Å². The van der Waals surface area contributed by atoms with Crippen LogP contribution in [0.5, 0.6) is 0 Å². The molecule has 8 heteroatoms. The van der Waals surface area contributed by atoms with Gasteiger partial charge in [-0.25, -0.2) is 4.79 Å². The largest absolute Gasteiger partial charge is 0.444 e. The number of hydrogen-bond donors (Lipinski definition) is 2. The second-order valence-electron chi connectivity index (χ2n) is 7.45. The van der Waals surface area contributed by atoms with Crippen molar-refractivity contribution in [1.29, 1.82) is 0 Å². The second kappa shape index (κ2) is 8.77. The fourth-order valence-corrected chi connectivity index (χ4v) is 4.48. The van der Waals surface area contributed by atoms with Crippen molar-refractivity contribution < 1.29 is 14.3 Å². The third-order valence-corrected chi connectivity index (χ3v) is 6.36. The number of amides is 2. The lowest BCUT2D eigenvalue weighted by atomic mass is 10.1. The molecule has 2 N–H and O–H groups in total. The van der Waals surface area contributed by atoms with Gasteiger partial charge in [0, 0.05) is 28.7 Å². The summed E-state index contributed by atoms with van der Waals surface area (Å²) < 4.78 is 8.98. The van der Waals surface area contributed by atoms with Crippen LogP contribution >= 0.6 is 11.3 Å². The molecule has 2 aromatic heterocycles. The van der Waals surface area contributed by atoms with Crippen LogP contribution in [0, 0.1) is 5.92 Å². The van der Waals surface area contributed by atoms with E-state index in [9.17, 15) is 9.59 Å². The van der Waals surface area contributed by atoms with E-state index in [4.69, 9.17) is 4.74 Å². The van der Waals surface area contributed by atoms with Gasteiger partial charge in [-0.05, 0) is 30.2 Å². The minimum atomic E-state index is -0.507. The Morgan fingerprint density at radius 3 is 2.68 bits per heavy atom. The molecule has 0 saturated carbocycles. The SMILES string of the molecule is CCC(C)C(=O)Nc1nn(C)c2c1sc1cc(NC(=O)OCc3ccccc3)ccc12. The molecular weight excluding hydrogens is 412 g/mol. The highest BCUT2D eigenvalue weighted by Crippen LogP contribution is 2.39. The standard InChI is InChI=1S/C23H24N4O3S/c1-4-14(2)22(28)25-21-20-19(27(3)26-21)17-11-10-16(12-18(17)31-20)24-23(29)30-13-15-8-6-5-7-9-15/h5-12,14H,4,13H2,1-3H3,(H,24,29)(H,25,26,28). The number of nitrogens with one attached hydrogen (secondary N) is 2. The third kappa shape index (κ3) is 4.39. The lowest BCUT2D eigenvalue weighted by molar-refractivity contribution is -0.119. The summed E-state index contributed by atoms with van der Waals surface area (Å²) in [5, 5.41) is 11.2. The molecule has 2 heterocycles. The van der Waals surface area contributed by atoms with E-state index in [1.165, 1.54) is 11.3 Å². The lowest BCUT2D eigenvalue weighted by Gasteiger charge is -2.07. The fourth-order valence-electron chi connectivity index (χ4n) is 3.27. The molecule has 0 saturated heterocycles. The Hall–Kier alpha value is -3.39. The number of nitrogens with zero attached hydrogens (tertiary/aromatic N) is 2. The molecule has 4 rings (SSSR count). The van der Waals surface area contributed by atoms with Gasteiger partial charge in [0.2, 0.25) is 5.91 Å². The summed E-state index contributed by atoms with van der Waals surface area (Å²) in [5.74, 6) is 0.452. The summed E-state index contributed by atoms with van der Waals surface area (Å²) in [5.41, 5.74) is 2.53.